The molecule has 3 heterocycles. The van der Waals surface area contributed by atoms with E-state index in [2.05, 4.69) is 15.1 Å². The van der Waals surface area contributed by atoms with Gasteiger partial charge in [-0.05, 0) is 25.1 Å². The van der Waals surface area contributed by atoms with Gasteiger partial charge >= 0.3 is 12.4 Å². The number of nitrogens with one attached hydrogen (secondary N) is 1. The van der Waals surface area contributed by atoms with E-state index in [9.17, 15) is 35.9 Å². The molecule has 0 unspecified atom stereocenters. The standard InChI is InChI=1S/C22H18F6N6O3/c1-12-17(22(26,27)28)18(35)31-32-19(12)37-14-4-2-3-13(9-14)20(36)34-7-5-33(6-8-34)16-11-29-15(10-30-16)21(23,24)25/h2-4,9-11H,5-8H2,1H3,(H,31,35). The molecule has 0 atom stereocenters. The molecule has 0 radical (unpaired) electrons. The number of H-pyrrole nitrogens is 1. The summed E-state index contributed by atoms with van der Waals surface area (Å²) in [5, 5.41) is 5.29. The van der Waals surface area contributed by atoms with Crippen molar-refractivity contribution in [1.29, 1.82) is 0 Å². The third kappa shape index (κ3) is 5.65. The highest BCUT2D eigenvalue weighted by molar-refractivity contribution is 5.94. The monoisotopic (exact) mass is 528 g/mol. The first-order valence-corrected chi connectivity index (χ1v) is 10.7. The molecule has 1 saturated heterocycles. The Morgan fingerprint density at radius 2 is 1.70 bits per heavy atom. The summed E-state index contributed by atoms with van der Waals surface area (Å²) in [7, 11) is 0. The summed E-state index contributed by atoms with van der Waals surface area (Å²) < 4.78 is 83.1. The Bertz CT molecular complexity index is 1350. The number of carbonyl (C=O) groups excluding carboxylic acids is 1. The van der Waals surface area contributed by atoms with Crippen LogP contribution >= 0.6 is 0 Å². The zero-order valence-electron chi connectivity index (χ0n) is 19.0. The van der Waals surface area contributed by atoms with E-state index in [1.54, 1.807) is 10.00 Å². The van der Waals surface area contributed by atoms with Gasteiger partial charge in [-0.1, -0.05) is 6.07 Å². The summed E-state index contributed by atoms with van der Waals surface area (Å²) in [6, 6.07) is 5.71. The normalized spacial score (nSPS) is 14.6. The molecular weight excluding hydrogens is 510 g/mol. The zero-order valence-corrected chi connectivity index (χ0v) is 19.0. The molecule has 3 aromatic rings. The van der Waals surface area contributed by atoms with Gasteiger partial charge in [-0.25, -0.2) is 15.1 Å². The van der Waals surface area contributed by atoms with Crippen LogP contribution in [0.4, 0.5) is 32.2 Å². The minimum atomic E-state index is -4.91. The number of hydrogen-bond acceptors (Lipinski definition) is 7. The summed E-state index contributed by atoms with van der Waals surface area (Å²) in [5.74, 6) is -0.577. The van der Waals surface area contributed by atoms with E-state index >= 15 is 0 Å². The maximum Gasteiger partial charge on any atom is 0.434 e. The fraction of sp³-hybridized carbons (Fsp3) is 0.318. The minimum absolute atomic E-state index is 0.0280. The number of amides is 1. The van der Waals surface area contributed by atoms with E-state index in [1.165, 1.54) is 29.2 Å². The van der Waals surface area contributed by atoms with Gasteiger partial charge in [0, 0.05) is 37.3 Å². The van der Waals surface area contributed by atoms with Gasteiger partial charge < -0.3 is 14.5 Å². The van der Waals surface area contributed by atoms with Crippen molar-refractivity contribution in [1.82, 2.24) is 25.1 Å². The van der Waals surface area contributed by atoms with Crippen molar-refractivity contribution in [3.63, 3.8) is 0 Å². The van der Waals surface area contributed by atoms with E-state index in [0.29, 0.717) is 19.3 Å². The van der Waals surface area contributed by atoms with Gasteiger partial charge in [-0.3, -0.25) is 9.59 Å². The Kier molecular flexibility index (Phi) is 6.80. The first-order valence-electron chi connectivity index (χ1n) is 10.7. The molecule has 0 spiro atoms. The van der Waals surface area contributed by atoms with Gasteiger partial charge in [0.15, 0.2) is 5.69 Å². The third-order valence-electron chi connectivity index (χ3n) is 5.58. The van der Waals surface area contributed by atoms with Crippen molar-refractivity contribution < 1.29 is 35.9 Å². The van der Waals surface area contributed by atoms with Gasteiger partial charge in [0.25, 0.3) is 11.5 Å². The molecule has 1 amide bonds. The number of hydrogen-bond donors (Lipinski definition) is 1. The lowest BCUT2D eigenvalue weighted by Crippen LogP contribution is -2.49. The number of carbonyl (C=O) groups is 1. The third-order valence-corrected chi connectivity index (χ3v) is 5.58. The first-order chi connectivity index (χ1) is 17.3. The lowest BCUT2D eigenvalue weighted by Gasteiger charge is -2.35. The number of benzene rings is 1. The molecule has 1 N–H and O–H groups in total. The van der Waals surface area contributed by atoms with Crippen LogP contribution < -0.4 is 15.2 Å². The van der Waals surface area contributed by atoms with E-state index in [-0.39, 0.29) is 36.1 Å². The zero-order chi connectivity index (χ0) is 27.0. The summed E-state index contributed by atoms with van der Waals surface area (Å²) in [5.41, 5.74) is -4.24. The average molecular weight is 528 g/mol. The number of alkyl halides is 6. The number of ether oxygens (including phenoxy) is 1. The Morgan fingerprint density at radius 1 is 1.00 bits per heavy atom. The quantitative estimate of drug-likeness (QED) is 0.516. The summed E-state index contributed by atoms with van der Waals surface area (Å²) in [6.07, 6.45) is -7.83. The highest BCUT2D eigenvalue weighted by Gasteiger charge is 2.38. The van der Waals surface area contributed by atoms with Crippen LogP contribution in [0.3, 0.4) is 0 Å². The Hall–Kier alpha value is -4.17. The SMILES string of the molecule is Cc1c(Oc2cccc(C(=O)N3CCN(c4cnc(C(F)(F)F)cn4)CC3)c2)n[nH]c(=O)c1C(F)(F)F. The van der Waals surface area contributed by atoms with Gasteiger partial charge in [-0.2, -0.15) is 26.3 Å². The second-order valence-corrected chi connectivity index (χ2v) is 8.02. The van der Waals surface area contributed by atoms with E-state index in [1.807, 2.05) is 0 Å². The maximum atomic E-state index is 13.2. The van der Waals surface area contributed by atoms with Crippen molar-refractivity contribution >= 4 is 11.7 Å². The van der Waals surface area contributed by atoms with Crippen molar-refractivity contribution in [2.45, 2.75) is 19.3 Å². The molecule has 1 fully saturated rings. The Morgan fingerprint density at radius 3 is 2.30 bits per heavy atom. The van der Waals surface area contributed by atoms with Crippen LogP contribution in [0.15, 0.2) is 41.5 Å². The van der Waals surface area contributed by atoms with Crippen LogP contribution in [-0.4, -0.2) is 57.2 Å². The average Bonchev–Trinajstić information content (AvgIpc) is 2.84. The predicted molar refractivity (Wildman–Crippen MR) is 116 cm³/mol. The fourth-order valence-electron chi connectivity index (χ4n) is 3.72. The van der Waals surface area contributed by atoms with Gasteiger partial charge in [0.2, 0.25) is 5.88 Å². The lowest BCUT2D eigenvalue weighted by molar-refractivity contribution is -0.141. The molecule has 1 aromatic carbocycles. The summed E-state index contributed by atoms with van der Waals surface area (Å²) >= 11 is 0. The van der Waals surface area contributed by atoms with E-state index in [0.717, 1.165) is 13.1 Å². The van der Waals surface area contributed by atoms with E-state index in [4.69, 9.17) is 4.74 Å². The molecule has 0 saturated carbocycles. The van der Waals surface area contributed by atoms with Gasteiger partial charge in [-0.15, -0.1) is 5.10 Å². The van der Waals surface area contributed by atoms with E-state index < -0.39 is 40.6 Å². The molecule has 9 nitrogen and oxygen atoms in total. The number of rotatable bonds is 4. The van der Waals surface area contributed by atoms with Crippen molar-refractivity contribution in [3.8, 4) is 11.6 Å². The topological polar surface area (TPSA) is 104 Å². The highest BCUT2D eigenvalue weighted by atomic mass is 19.4. The van der Waals surface area contributed by atoms with Crippen LogP contribution in [0.1, 0.15) is 27.2 Å². The lowest BCUT2D eigenvalue weighted by atomic mass is 10.1. The maximum absolute atomic E-state index is 13.2. The fourth-order valence-corrected chi connectivity index (χ4v) is 3.72. The van der Waals surface area contributed by atoms with Crippen molar-refractivity contribution in [2.24, 2.45) is 0 Å². The number of aromatic nitrogens is 4. The van der Waals surface area contributed by atoms with Crippen molar-refractivity contribution in [2.75, 3.05) is 31.1 Å². The molecule has 15 heteroatoms. The second kappa shape index (κ2) is 9.71. The molecule has 0 bridgehead atoms. The van der Waals surface area contributed by atoms with Crippen LogP contribution in [0.25, 0.3) is 0 Å². The number of halogens is 6. The highest BCUT2D eigenvalue weighted by Crippen LogP contribution is 2.33. The van der Waals surface area contributed by atoms with Gasteiger partial charge in [0.1, 0.15) is 17.1 Å². The predicted octanol–water partition coefficient (Wildman–Crippen LogP) is 3.66. The van der Waals surface area contributed by atoms with Crippen molar-refractivity contribution in [3.05, 3.63) is 69.4 Å². The Balaban J connectivity index is 1.43. The first kappa shape index (κ1) is 25.9. The summed E-state index contributed by atoms with van der Waals surface area (Å²) in [6.45, 7) is 2.12. The van der Waals surface area contributed by atoms with Gasteiger partial charge in [0.05, 0.1) is 12.4 Å². The second-order valence-electron chi connectivity index (χ2n) is 8.02. The number of anilines is 1. The van der Waals surface area contributed by atoms with Crippen LogP contribution in [0, 0.1) is 6.92 Å². The number of piperazine rings is 1. The van der Waals surface area contributed by atoms with Crippen LogP contribution in [0.2, 0.25) is 0 Å². The van der Waals surface area contributed by atoms with Crippen LogP contribution in [-0.2, 0) is 12.4 Å². The molecule has 196 valence electrons. The number of aromatic amines is 1. The molecular formula is C22H18F6N6O3. The number of nitrogens with zero attached hydrogens (tertiary/aromatic N) is 5. The largest absolute Gasteiger partial charge is 0.437 e. The molecule has 37 heavy (non-hydrogen) atoms. The molecule has 2 aromatic heterocycles. The Labute approximate surface area is 204 Å². The molecule has 4 rings (SSSR count). The molecule has 1 aliphatic heterocycles. The molecule has 1 aliphatic rings. The smallest absolute Gasteiger partial charge is 0.434 e. The molecule has 0 aliphatic carbocycles. The summed E-state index contributed by atoms with van der Waals surface area (Å²) in [4.78, 5) is 35.0. The van der Waals surface area contributed by atoms with Crippen LogP contribution in [0.5, 0.6) is 11.6 Å². The minimum Gasteiger partial charge on any atom is -0.437 e.